The minimum Gasteiger partial charge on any atom is -0.493 e. The summed E-state index contributed by atoms with van der Waals surface area (Å²) in [6, 6.07) is 10.1. The second-order valence-corrected chi connectivity index (χ2v) is 5.11. The molecular formula is C16H16ClN3O4. The molecule has 0 aliphatic heterocycles. The zero-order chi connectivity index (χ0) is 17.5. The number of methoxy groups -OCH3 is 2. The van der Waals surface area contributed by atoms with Crippen LogP contribution < -0.4 is 14.9 Å². The Kier molecular flexibility index (Phi) is 5.97. The van der Waals surface area contributed by atoms with Crippen molar-refractivity contribution in [1.82, 2.24) is 5.43 Å². The number of hydrogen-bond donors (Lipinski definition) is 1. The largest absolute Gasteiger partial charge is 0.493 e. The molecule has 0 saturated heterocycles. The van der Waals surface area contributed by atoms with Crippen LogP contribution >= 0.6 is 11.6 Å². The fraction of sp³-hybridized carbons (Fsp3) is 0.188. The number of halogens is 1. The summed E-state index contributed by atoms with van der Waals surface area (Å²) in [5.74, 6) is 0.668. The molecule has 8 heteroatoms. The number of rotatable bonds is 7. The Bertz CT molecular complexity index is 765. The van der Waals surface area contributed by atoms with Crippen LogP contribution in [0.1, 0.15) is 11.1 Å². The average Bonchev–Trinajstić information content (AvgIpc) is 2.59. The van der Waals surface area contributed by atoms with Crippen molar-refractivity contribution >= 4 is 23.5 Å². The predicted octanol–water partition coefficient (Wildman–Crippen LogP) is 3.39. The molecule has 2 aromatic carbocycles. The number of nitrogens with zero attached hydrogens (tertiary/aromatic N) is 2. The van der Waals surface area contributed by atoms with Gasteiger partial charge in [0.25, 0.3) is 5.69 Å². The Balaban J connectivity index is 2.18. The first-order chi connectivity index (χ1) is 11.6. The third-order valence-electron chi connectivity index (χ3n) is 3.25. The van der Waals surface area contributed by atoms with Crippen molar-refractivity contribution in [3.63, 3.8) is 0 Å². The van der Waals surface area contributed by atoms with E-state index in [9.17, 15) is 10.1 Å². The van der Waals surface area contributed by atoms with Gasteiger partial charge in [-0.1, -0.05) is 29.8 Å². The van der Waals surface area contributed by atoms with Crippen molar-refractivity contribution in [2.75, 3.05) is 14.2 Å². The first kappa shape index (κ1) is 17.6. The number of nitro benzene ring substituents is 1. The van der Waals surface area contributed by atoms with Crippen molar-refractivity contribution in [2.45, 2.75) is 6.54 Å². The average molecular weight is 350 g/mol. The second kappa shape index (κ2) is 8.16. The Hall–Kier alpha value is -2.80. The standard InChI is InChI=1S/C16H16ClN3O4/c1-23-15-7-12(14(20(21)22)8-16(15)24-2)10-19-18-9-11-5-3-4-6-13(11)17/h3-8,10,18H,9H2,1-2H3/b19-10-. The Morgan fingerprint density at radius 3 is 2.54 bits per heavy atom. The van der Waals surface area contributed by atoms with E-state index in [0.717, 1.165) is 5.56 Å². The van der Waals surface area contributed by atoms with E-state index in [1.165, 1.54) is 32.6 Å². The van der Waals surface area contributed by atoms with Gasteiger partial charge in [-0.05, 0) is 17.7 Å². The van der Waals surface area contributed by atoms with Gasteiger partial charge in [0.05, 0.1) is 43.5 Å². The van der Waals surface area contributed by atoms with Gasteiger partial charge in [0.2, 0.25) is 0 Å². The summed E-state index contributed by atoms with van der Waals surface area (Å²) in [7, 11) is 2.88. The number of nitro groups is 1. The predicted molar refractivity (Wildman–Crippen MR) is 92.1 cm³/mol. The molecule has 0 atom stereocenters. The molecule has 2 aromatic rings. The lowest BCUT2D eigenvalue weighted by Gasteiger charge is -2.08. The zero-order valence-corrected chi connectivity index (χ0v) is 13.9. The molecule has 0 saturated carbocycles. The number of hydrogen-bond acceptors (Lipinski definition) is 6. The smallest absolute Gasteiger partial charge is 0.282 e. The number of nitrogens with one attached hydrogen (secondary N) is 1. The molecule has 0 heterocycles. The molecule has 0 unspecified atom stereocenters. The fourth-order valence-corrected chi connectivity index (χ4v) is 2.24. The van der Waals surface area contributed by atoms with Crippen molar-refractivity contribution in [3.8, 4) is 11.5 Å². The van der Waals surface area contributed by atoms with E-state index in [0.29, 0.717) is 22.9 Å². The molecule has 2 rings (SSSR count). The van der Waals surface area contributed by atoms with Crippen LogP contribution in [-0.2, 0) is 6.54 Å². The van der Waals surface area contributed by atoms with Gasteiger partial charge in [0.1, 0.15) is 0 Å². The van der Waals surface area contributed by atoms with E-state index in [-0.39, 0.29) is 11.4 Å². The maximum atomic E-state index is 11.2. The quantitative estimate of drug-likeness (QED) is 0.470. The van der Waals surface area contributed by atoms with Crippen molar-refractivity contribution in [3.05, 3.63) is 62.7 Å². The van der Waals surface area contributed by atoms with Crippen LogP contribution in [0.4, 0.5) is 5.69 Å². The lowest BCUT2D eigenvalue weighted by molar-refractivity contribution is -0.385. The molecular weight excluding hydrogens is 334 g/mol. The van der Waals surface area contributed by atoms with Crippen LogP contribution in [0.25, 0.3) is 0 Å². The van der Waals surface area contributed by atoms with Gasteiger partial charge >= 0.3 is 0 Å². The highest BCUT2D eigenvalue weighted by atomic mass is 35.5. The summed E-state index contributed by atoms with van der Waals surface area (Å²) in [6.07, 6.45) is 1.36. The van der Waals surface area contributed by atoms with Gasteiger partial charge < -0.3 is 14.9 Å². The molecule has 24 heavy (non-hydrogen) atoms. The summed E-state index contributed by atoms with van der Waals surface area (Å²) in [5, 5.41) is 15.8. The van der Waals surface area contributed by atoms with Gasteiger partial charge in [-0.25, -0.2) is 0 Å². The Morgan fingerprint density at radius 1 is 1.25 bits per heavy atom. The van der Waals surface area contributed by atoms with Crippen molar-refractivity contribution in [1.29, 1.82) is 0 Å². The van der Waals surface area contributed by atoms with E-state index >= 15 is 0 Å². The van der Waals surface area contributed by atoms with E-state index in [1.54, 1.807) is 6.07 Å². The van der Waals surface area contributed by atoms with Crippen LogP contribution in [-0.4, -0.2) is 25.4 Å². The lowest BCUT2D eigenvalue weighted by Crippen LogP contribution is -2.07. The van der Waals surface area contributed by atoms with Gasteiger partial charge in [0.15, 0.2) is 11.5 Å². The molecule has 0 aliphatic carbocycles. The number of benzene rings is 2. The van der Waals surface area contributed by atoms with E-state index in [1.807, 2.05) is 18.2 Å². The Morgan fingerprint density at radius 2 is 1.92 bits per heavy atom. The first-order valence-corrected chi connectivity index (χ1v) is 7.34. The molecule has 0 fully saturated rings. The molecule has 0 spiro atoms. The maximum absolute atomic E-state index is 11.2. The fourth-order valence-electron chi connectivity index (χ4n) is 2.03. The van der Waals surface area contributed by atoms with Crippen LogP contribution in [0, 0.1) is 10.1 Å². The molecule has 0 amide bonds. The zero-order valence-electron chi connectivity index (χ0n) is 13.2. The summed E-state index contributed by atoms with van der Waals surface area (Å²) in [5.41, 5.74) is 3.85. The maximum Gasteiger partial charge on any atom is 0.282 e. The van der Waals surface area contributed by atoms with Crippen molar-refractivity contribution in [2.24, 2.45) is 5.10 Å². The highest BCUT2D eigenvalue weighted by Crippen LogP contribution is 2.33. The Labute approximate surface area is 144 Å². The normalized spacial score (nSPS) is 10.6. The third kappa shape index (κ3) is 4.14. The van der Waals surface area contributed by atoms with Crippen LogP contribution in [0.2, 0.25) is 5.02 Å². The van der Waals surface area contributed by atoms with Crippen LogP contribution in [0.3, 0.4) is 0 Å². The topological polar surface area (TPSA) is 86.0 Å². The first-order valence-electron chi connectivity index (χ1n) is 6.96. The summed E-state index contributed by atoms with van der Waals surface area (Å²) in [6.45, 7) is 0.400. The van der Waals surface area contributed by atoms with Crippen LogP contribution in [0.15, 0.2) is 41.5 Å². The highest BCUT2D eigenvalue weighted by molar-refractivity contribution is 6.31. The molecule has 0 aliphatic rings. The lowest BCUT2D eigenvalue weighted by atomic mass is 10.1. The molecule has 0 radical (unpaired) electrons. The monoisotopic (exact) mass is 349 g/mol. The minimum absolute atomic E-state index is 0.129. The van der Waals surface area contributed by atoms with Gasteiger partial charge in [0, 0.05) is 5.02 Å². The molecule has 0 bridgehead atoms. The summed E-state index contributed by atoms with van der Waals surface area (Å²) >= 11 is 6.05. The van der Waals surface area contributed by atoms with Gasteiger partial charge in [-0.15, -0.1) is 0 Å². The molecule has 7 nitrogen and oxygen atoms in total. The molecule has 0 aromatic heterocycles. The van der Waals surface area contributed by atoms with E-state index in [4.69, 9.17) is 21.1 Å². The summed E-state index contributed by atoms with van der Waals surface area (Å²) < 4.78 is 10.2. The number of hydrazone groups is 1. The minimum atomic E-state index is -0.503. The third-order valence-corrected chi connectivity index (χ3v) is 3.62. The van der Waals surface area contributed by atoms with Gasteiger partial charge in [-0.3, -0.25) is 10.1 Å². The van der Waals surface area contributed by atoms with Gasteiger partial charge in [-0.2, -0.15) is 5.10 Å². The molecule has 126 valence electrons. The van der Waals surface area contributed by atoms with Crippen molar-refractivity contribution < 1.29 is 14.4 Å². The van der Waals surface area contributed by atoms with E-state index < -0.39 is 4.92 Å². The SMILES string of the molecule is COc1cc(/C=N\NCc2ccccc2Cl)c([N+](=O)[O-])cc1OC. The molecule has 1 N–H and O–H groups in total. The van der Waals surface area contributed by atoms with Crippen LogP contribution in [0.5, 0.6) is 11.5 Å². The van der Waals surface area contributed by atoms with E-state index in [2.05, 4.69) is 10.5 Å². The summed E-state index contributed by atoms with van der Waals surface area (Å²) in [4.78, 5) is 10.7. The highest BCUT2D eigenvalue weighted by Gasteiger charge is 2.18. The second-order valence-electron chi connectivity index (χ2n) is 4.71. The number of ether oxygens (including phenoxy) is 2.